The van der Waals surface area contributed by atoms with E-state index in [1.54, 1.807) is 24.3 Å². The summed E-state index contributed by atoms with van der Waals surface area (Å²) in [5.41, 5.74) is 0.413. The van der Waals surface area contributed by atoms with Crippen LogP contribution < -0.4 is 0 Å². The third-order valence-corrected chi connectivity index (χ3v) is 19.7. The van der Waals surface area contributed by atoms with Crippen LogP contribution in [-0.4, -0.2) is 55.0 Å². The maximum Gasteiger partial charge on any atom is 0.261 e. The molecule has 6 nitrogen and oxygen atoms in total. The van der Waals surface area contributed by atoms with Crippen LogP contribution in [0.2, 0.25) is 18.1 Å². The standard InChI is InChI=1S/C42H59NO5Si/c1-38(2,3)49(6,7)48-31-20-22-39(4)30(28-31)18-19-35-34(39)21-23-40(5)41(35,46)24-25-42(40,29-14-9-8-10-15-29)47-27-13-26-43-36(44)32-16-11-12-17-33(32)37(43)45/h8-12,14-17,30-31,34-35,46H,13,18-28H2,1-7H3/t30-,31-,34-,35+,39-,40-,41-,42-/m0/s1. The average Bonchev–Trinajstić information content (AvgIpc) is 3.45. The Kier molecular flexibility index (Phi) is 8.69. The van der Waals surface area contributed by atoms with Gasteiger partial charge in [0.2, 0.25) is 0 Å². The Bertz CT molecular complexity index is 1550. The van der Waals surface area contributed by atoms with Gasteiger partial charge in [-0.3, -0.25) is 14.5 Å². The van der Waals surface area contributed by atoms with Crippen LogP contribution in [0.3, 0.4) is 0 Å². The summed E-state index contributed by atoms with van der Waals surface area (Å²) < 4.78 is 14.1. The predicted molar refractivity (Wildman–Crippen MR) is 196 cm³/mol. The molecule has 49 heavy (non-hydrogen) atoms. The minimum absolute atomic E-state index is 0.215. The van der Waals surface area contributed by atoms with Gasteiger partial charge in [0.15, 0.2) is 8.32 Å². The molecule has 0 bridgehead atoms. The van der Waals surface area contributed by atoms with Gasteiger partial charge >= 0.3 is 0 Å². The first-order valence-corrected chi connectivity index (χ1v) is 22.0. The summed E-state index contributed by atoms with van der Waals surface area (Å²) in [7, 11) is -1.83. The molecule has 1 N–H and O–H groups in total. The number of amides is 2. The summed E-state index contributed by atoms with van der Waals surface area (Å²) >= 11 is 0. The molecule has 7 heteroatoms. The molecule has 0 unspecified atom stereocenters. The van der Waals surface area contributed by atoms with Gasteiger partial charge in [-0.25, -0.2) is 0 Å². The first-order chi connectivity index (χ1) is 23.1. The topological polar surface area (TPSA) is 76.1 Å². The number of carbonyl (C=O) groups is 2. The Morgan fingerprint density at radius 2 is 1.49 bits per heavy atom. The van der Waals surface area contributed by atoms with E-state index in [0.717, 1.165) is 56.9 Å². The van der Waals surface area contributed by atoms with Crippen molar-refractivity contribution in [3.63, 3.8) is 0 Å². The molecule has 8 atom stereocenters. The van der Waals surface area contributed by atoms with E-state index in [1.165, 1.54) is 11.3 Å². The first kappa shape index (κ1) is 35.1. The van der Waals surface area contributed by atoms with E-state index in [9.17, 15) is 14.7 Å². The molecule has 1 aliphatic heterocycles. The van der Waals surface area contributed by atoms with Crippen LogP contribution in [0.1, 0.15) is 125 Å². The van der Waals surface area contributed by atoms with Gasteiger partial charge in [-0.1, -0.05) is 77.1 Å². The number of benzene rings is 2. The molecular formula is C42H59NO5Si. The second kappa shape index (κ2) is 12.1. The number of nitrogens with zero attached hydrogens (tertiary/aromatic N) is 1. The lowest BCUT2D eigenvalue weighted by Crippen LogP contribution is -2.65. The Morgan fingerprint density at radius 1 is 0.837 bits per heavy atom. The molecule has 7 rings (SSSR count). The number of ether oxygens (including phenoxy) is 1. The van der Waals surface area contributed by atoms with Gasteiger partial charge in [0.05, 0.1) is 16.7 Å². The summed E-state index contributed by atoms with van der Waals surface area (Å²) in [5, 5.41) is 13.4. The zero-order chi connectivity index (χ0) is 35.0. The summed E-state index contributed by atoms with van der Waals surface area (Å²) in [6.45, 7) is 17.4. The molecule has 266 valence electrons. The molecular weight excluding hydrogens is 627 g/mol. The predicted octanol–water partition coefficient (Wildman–Crippen LogP) is 9.13. The third kappa shape index (κ3) is 5.26. The number of fused-ring (bicyclic) bond motifs is 6. The molecule has 4 aliphatic carbocycles. The van der Waals surface area contributed by atoms with Crippen molar-refractivity contribution in [3.8, 4) is 0 Å². The van der Waals surface area contributed by atoms with E-state index in [4.69, 9.17) is 9.16 Å². The Hall–Kier alpha value is -2.32. The van der Waals surface area contributed by atoms with Gasteiger partial charge in [-0.2, -0.15) is 0 Å². The van der Waals surface area contributed by atoms with Gasteiger partial charge in [0, 0.05) is 24.7 Å². The Labute approximate surface area is 295 Å². The Morgan fingerprint density at radius 3 is 2.14 bits per heavy atom. The second-order valence-electron chi connectivity index (χ2n) is 18.3. The highest BCUT2D eigenvalue weighted by Crippen LogP contribution is 2.72. The van der Waals surface area contributed by atoms with E-state index < -0.39 is 24.9 Å². The number of imide groups is 1. The molecule has 4 fully saturated rings. The minimum atomic E-state index is -1.83. The molecule has 0 aromatic heterocycles. The fraction of sp³-hybridized carbons (Fsp3) is 0.667. The van der Waals surface area contributed by atoms with Gasteiger partial charge in [0.1, 0.15) is 5.60 Å². The molecule has 5 aliphatic rings. The lowest BCUT2D eigenvalue weighted by atomic mass is 9.42. The highest BCUT2D eigenvalue weighted by molar-refractivity contribution is 6.74. The molecule has 4 saturated carbocycles. The van der Waals surface area contributed by atoms with Gasteiger partial charge in [-0.05, 0) is 123 Å². The van der Waals surface area contributed by atoms with Crippen LogP contribution in [0, 0.1) is 28.6 Å². The number of carbonyl (C=O) groups excluding carboxylic acids is 2. The quantitative estimate of drug-likeness (QED) is 0.170. The maximum absolute atomic E-state index is 13.2. The number of rotatable bonds is 8. The fourth-order valence-electron chi connectivity index (χ4n) is 11.3. The van der Waals surface area contributed by atoms with Crippen molar-refractivity contribution in [2.45, 2.75) is 134 Å². The zero-order valence-electron chi connectivity index (χ0n) is 31.0. The molecule has 1 heterocycles. The third-order valence-electron chi connectivity index (χ3n) is 15.2. The van der Waals surface area contributed by atoms with Crippen LogP contribution in [0.15, 0.2) is 54.6 Å². The molecule has 0 radical (unpaired) electrons. The summed E-state index contributed by atoms with van der Waals surface area (Å²) in [4.78, 5) is 27.4. The van der Waals surface area contributed by atoms with E-state index in [0.29, 0.717) is 48.6 Å². The van der Waals surface area contributed by atoms with E-state index in [2.05, 4.69) is 72.0 Å². The van der Waals surface area contributed by atoms with Crippen molar-refractivity contribution in [2.24, 2.45) is 28.6 Å². The maximum atomic E-state index is 13.2. The van der Waals surface area contributed by atoms with Crippen LogP contribution in [0.5, 0.6) is 0 Å². The summed E-state index contributed by atoms with van der Waals surface area (Å²) in [6.07, 6.45) is 10.1. The molecule has 2 aromatic rings. The van der Waals surface area contributed by atoms with Gasteiger partial charge < -0.3 is 14.3 Å². The Balaban J connectivity index is 1.09. The van der Waals surface area contributed by atoms with Crippen LogP contribution in [0.4, 0.5) is 0 Å². The molecule has 0 saturated heterocycles. The van der Waals surface area contributed by atoms with Crippen molar-refractivity contribution in [3.05, 3.63) is 71.3 Å². The van der Waals surface area contributed by atoms with Crippen LogP contribution in [0.25, 0.3) is 0 Å². The first-order valence-electron chi connectivity index (χ1n) is 19.1. The monoisotopic (exact) mass is 685 g/mol. The van der Waals surface area contributed by atoms with Crippen LogP contribution >= 0.6 is 0 Å². The van der Waals surface area contributed by atoms with Crippen molar-refractivity contribution >= 4 is 20.1 Å². The molecule has 2 aromatic carbocycles. The SMILES string of the molecule is CC(C)(C)[Si](C)(C)O[C@H]1CC[C@@]2(C)[C@@H](CC[C@@H]3[C@@H]2CC[C@]2(C)[C@@](OCCCN4C(=O)c5ccccc5C4=O)(c4ccccc4)CC[C@]32O)C1. The van der Waals surface area contributed by atoms with E-state index in [1.807, 2.05) is 6.07 Å². The van der Waals surface area contributed by atoms with Crippen molar-refractivity contribution < 1.29 is 23.9 Å². The molecule has 2 amide bonds. The number of aliphatic hydroxyl groups is 1. The van der Waals surface area contributed by atoms with Crippen LogP contribution in [-0.2, 0) is 14.8 Å². The lowest BCUT2D eigenvalue weighted by Gasteiger charge is -2.65. The smallest absolute Gasteiger partial charge is 0.261 e. The minimum Gasteiger partial charge on any atom is -0.414 e. The molecule has 0 spiro atoms. The number of hydrogen-bond donors (Lipinski definition) is 1. The highest BCUT2D eigenvalue weighted by Gasteiger charge is 2.73. The second-order valence-corrected chi connectivity index (χ2v) is 23.0. The van der Waals surface area contributed by atoms with Crippen molar-refractivity contribution in [2.75, 3.05) is 13.2 Å². The average molecular weight is 686 g/mol. The van der Waals surface area contributed by atoms with Crippen molar-refractivity contribution in [1.29, 1.82) is 0 Å². The van der Waals surface area contributed by atoms with E-state index >= 15 is 0 Å². The van der Waals surface area contributed by atoms with Gasteiger partial charge in [0.25, 0.3) is 11.8 Å². The lowest BCUT2D eigenvalue weighted by molar-refractivity contribution is -0.248. The summed E-state index contributed by atoms with van der Waals surface area (Å²) in [6, 6.07) is 17.6. The number of hydrogen-bond acceptors (Lipinski definition) is 5. The van der Waals surface area contributed by atoms with E-state index in [-0.39, 0.29) is 28.2 Å². The summed E-state index contributed by atoms with van der Waals surface area (Å²) in [5.74, 6) is 0.951. The van der Waals surface area contributed by atoms with Gasteiger partial charge in [-0.15, -0.1) is 0 Å². The normalized spacial score (nSPS) is 37.4. The highest BCUT2D eigenvalue weighted by atomic mass is 28.4. The largest absolute Gasteiger partial charge is 0.414 e. The van der Waals surface area contributed by atoms with Crippen molar-refractivity contribution in [1.82, 2.24) is 4.90 Å². The fourth-order valence-corrected chi connectivity index (χ4v) is 12.7. The zero-order valence-corrected chi connectivity index (χ0v) is 32.0.